The molecule has 4 nitrogen and oxygen atoms in total. The number of aromatic carboxylic acids is 1. The number of hydrogen-bond donors (Lipinski definition) is 1. The second-order valence-corrected chi connectivity index (χ2v) is 3.95. The van der Waals surface area contributed by atoms with Crippen LogP contribution in [0.25, 0.3) is 0 Å². The average Bonchev–Trinajstić information content (AvgIpc) is 2.86. The number of carboxylic acids is 1. The van der Waals surface area contributed by atoms with Gasteiger partial charge in [0.25, 0.3) is 0 Å². The Kier molecular flexibility index (Phi) is 2.66. The van der Waals surface area contributed by atoms with Gasteiger partial charge in [-0.2, -0.15) is 0 Å². The maximum Gasteiger partial charge on any atom is 0.371 e. The standard InChI is InChI=1S/C11H15NO3/c1-2-8-5-6-12(7-8)10-4-3-9(15-10)11(13)14/h3-4,8H,2,5-7H2,1H3,(H,13,14). The molecule has 82 valence electrons. The van der Waals surface area contributed by atoms with Crippen LogP contribution in [0.4, 0.5) is 5.88 Å². The lowest BCUT2D eigenvalue weighted by atomic mass is 10.1. The monoisotopic (exact) mass is 209 g/mol. The van der Waals surface area contributed by atoms with Crippen LogP contribution < -0.4 is 4.90 Å². The van der Waals surface area contributed by atoms with Crippen LogP contribution in [-0.2, 0) is 0 Å². The zero-order valence-corrected chi connectivity index (χ0v) is 8.77. The zero-order valence-electron chi connectivity index (χ0n) is 8.77. The lowest BCUT2D eigenvalue weighted by Crippen LogP contribution is -2.18. The molecule has 0 aliphatic carbocycles. The number of nitrogens with zero attached hydrogens (tertiary/aromatic N) is 1. The Labute approximate surface area is 88.5 Å². The van der Waals surface area contributed by atoms with Crippen LogP contribution >= 0.6 is 0 Å². The van der Waals surface area contributed by atoms with Gasteiger partial charge in [-0.1, -0.05) is 13.3 Å². The van der Waals surface area contributed by atoms with Crippen LogP contribution in [0.2, 0.25) is 0 Å². The summed E-state index contributed by atoms with van der Waals surface area (Å²) in [5.74, 6) is 0.407. The van der Waals surface area contributed by atoms with Crippen molar-refractivity contribution in [2.75, 3.05) is 18.0 Å². The fourth-order valence-electron chi connectivity index (χ4n) is 1.98. The van der Waals surface area contributed by atoms with Crippen LogP contribution in [0.5, 0.6) is 0 Å². The molecule has 0 aromatic carbocycles. The molecule has 2 rings (SSSR count). The van der Waals surface area contributed by atoms with Crippen LogP contribution in [-0.4, -0.2) is 24.2 Å². The van der Waals surface area contributed by atoms with Gasteiger partial charge in [-0.25, -0.2) is 4.79 Å². The van der Waals surface area contributed by atoms with E-state index in [4.69, 9.17) is 9.52 Å². The van der Waals surface area contributed by atoms with Gasteiger partial charge >= 0.3 is 5.97 Å². The first-order valence-corrected chi connectivity index (χ1v) is 5.28. The van der Waals surface area contributed by atoms with Gasteiger partial charge in [0.2, 0.25) is 5.76 Å². The summed E-state index contributed by atoms with van der Waals surface area (Å²) in [6.07, 6.45) is 2.34. The highest BCUT2D eigenvalue weighted by Crippen LogP contribution is 2.27. The van der Waals surface area contributed by atoms with Crippen molar-refractivity contribution in [3.05, 3.63) is 17.9 Å². The third-order valence-electron chi connectivity index (χ3n) is 2.98. The maximum absolute atomic E-state index is 10.6. The third-order valence-corrected chi connectivity index (χ3v) is 2.98. The first-order chi connectivity index (χ1) is 7.20. The minimum atomic E-state index is -1.01. The van der Waals surface area contributed by atoms with E-state index in [1.165, 1.54) is 18.9 Å². The van der Waals surface area contributed by atoms with Crippen LogP contribution in [0.3, 0.4) is 0 Å². The van der Waals surface area contributed by atoms with Crippen molar-refractivity contribution in [3.8, 4) is 0 Å². The van der Waals surface area contributed by atoms with Crippen molar-refractivity contribution in [2.45, 2.75) is 19.8 Å². The summed E-state index contributed by atoms with van der Waals surface area (Å²) >= 11 is 0. The summed E-state index contributed by atoms with van der Waals surface area (Å²) in [5, 5.41) is 8.73. The SMILES string of the molecule is CCC1CCN(c2ccc(C(=O)O)o2)C1. The van der Waals surface area contributed by atoms with Crippen molar-refractivity contribution in [1.82, 2.24) is 0 Å². The molecule has 1 fully saturated rings. The summed E-state index contributed by atoms with van der Waals surface area (Å²) in [4.78, 5) is 12.7. The van der Waals surface area contributed by atoms with Gasteiger partial charge < -0.3 is 14.4 Å². The molecule has 0 amide bonds. The van der Waals surface area contributed by atoms with E-state index in [2.05, 4.69) is 11.8 Å². The summed E-state index contributed by atoms with van der Waals surface area (Å²) in [7, 11) is 0. The molecule has 0 bridgehead atoms. The molecule has 1 aromatic heterocycles. The molecule has 0 saturated carbocycles. The first-order valence-electron chi connectivity index (χ1n) is 5.28. The summed E-state index contributed by atoms with van der Waals surface area (Å²) in [6.45, 7) is 4.12. The Morgan fingerprint density at radius 1 is 1.67 bits per heavy atom. The van der Waals surface area contributed by atoms with Crippen molar-refractivity contribution in [1.29, 1.82) is 0 Å². The molecule has 1 N–H and O–H groups in total. The Hall–Kier alpha value is -1.45. The molecule has 1 atom stereocenters. The van der Waals surface area contributed by atoms with Crippen LogP contribution in [0.1, 0.15) is 30.3 Å². The van der Waals surface area contributed by atoms with E-state index in [0.29, 0.717) is 11.8 Å². The minimum absolute atomic E-state index is 0.0185. The minimum Gasteiger partial charge on any atom is -0.475 e. The van der Waals surface area contributed by atoms with Crippen LogP contribution in [0, 0.1) is 5.92 Å². The van der Waals surface area contributed by atoms with Gasteiger partial charge in [-0.3, -0.25) is 0 Å². The zero-order chi connectivity index (χ0) is 10.8. The van der Waals surface area contributed by atoms with E-state index < -0.39 is 5.97 Å². The summed E-state index contributed by atoms with van der Waals surface area (Å²) in [5.41, 5.74) is 0. The summed E-state index contributed by atoms with van der Waals surface area (Å²) < 4.78 is 5.25. The molecule has 1 aromatic rings. The van der Waals surface area contributed by atoms with Gasteiger partial charge in [0.1, 0.15) is 0 Å². The molecule has 1 saturated heterocycles. The average molecular weight is 209 g/mol. The lowest BCUT2D eigenvalue weighted by Gasteiger charge is -2.14. The molecule has 15 heavy (non-hydrogen) atoms. The Morgan fingerprint density at radius 2 is 2.47 bits per heavy atom. The molecule has 0 radical (unpaired) electrons. The van der Waals surface area contributed by atoms with Gasteiger partial charge in [0, 0.05) is 19.2 Å². The number of carboxylic acid groups (broad SMARTS) is 1. The number of carbonyl (C=O) groups is 1. The van der Waals surface area contributed by atoms with Gasteiger partial charge in [0.15, 0.2) is 5.88 Å². The Morgan fingerprint density at radius 3 is 3.00 bits per heavy atom. The van der Waals surface area contributed by atoms with Crippen molar-refractivity contribution >= 4 is 11.9 Å². The predicted octanol–water partition coefficient (Wildman–Crippen LogP) is 2.21. The second kappa shape index (κ2) is 3.96. The number of anilines is 1. The molecule has 2 heterocycles. The fraction of sp³-hybridized carbons (Fsp3) is 0.545. The molecular weight excluding hydrogens is 194 g/mol. The highest BCUT2D eigenvalue weighted by molar-refractivity contribution is 5.84. The van der Waals surface area contributed by atoms with Gasteiger partial charge in [-0.05, 0) is 18.4 Å². The molecule has 0 spiro atoms. The quantitative estimate of drug-likeness (QED) is 0.829. The van der Waals surface area contributed by atoms with E-state index in [0.717, 1.165) is 13.1 Å². The van der Waals surface area contributed by atoms with E-state index in [1.54, 1.807) is 6.07 Å². The van der Waals surface area contributed by atoms with E-state index in [9.17, 15) is 4.79 Å². The largest absolute Gasteiger partial charge is 0.475 e. The number of hydrogen-bond acceptors (Lipinski definition) is 3. The maximum atomic E-state index is 10.6. The lowest BCUT2D eigenvalue weighted by molar-refractivity contribution is 0.0663. The van der Waals surface area contributed by atoms with E-state index in [-0.39, 0.29) is 5.76 Å². The van der Waals surface area contributed by atoms with Crippen LogP contribution in [0.15, 0.2) is 16.5 Å². The predicted molar refractivity (Wildman–Crippen MR) is 56.3 cm³/mol. The van der Waals surface area contributed by atoms with Crippen molar-refractivity contribution in [3.63, 3.8) is 0 Å². The second-order valence-electron chi connectivity index (χ2n) is 3.95. The topological polar surface area (TPSA) is 53.7 Å². The number of rotatable bonds is 3. The molecule has 1 aliphatic rings. The third kappa shape index (κ3) is 1.98. The highest BCUT2D eigenvalue weighted by atomic mass is 16.4. The Bertz CT molecular complexity index is 358. The first kappa shape index (κ1) is 10.1. The van der Waals surface area contributed by atoms with Crippen molar-refractivity contribution in [2.24, 2.45) is 5.92 Å². The van der Waals surface area contributed by atoms with E-state index in [1.807, 2.05) is 0 Å². The Balaban J connectivity index is 2.07. The molecular formula is C11H15NO3. The van der Waals surface area contributed by atoms with Crippen molar-refractivity contribution < 1.29 is 14.3 Å². The highest BCUT2D eigenvalue weighted by Gasteiger charge is 2.23. The number of furan rings is 1. The van der Waals surface area contributed by atoms with E-state index >= 15 is 0 Å². The molecule has 1 unspecified atom stereocenters. The smallest absolute Gasteiger partial charge is 0.371 e. The fourth-order valence-corrected chi connectivity index (χ4v) is 1.98. The molecule has 1 aliphatic heterocycles. The normalized spacial score (nSPS) is 20.9. The van der Waals surface area contributed by atoms with Gasteiger partial charge in [0.05, 0.1) is 0 Å². The van der Waals surface area contributed by atoms with Gasteiger partial charge in [-0.15, -0.1) is 0 Å². The summed E-state index contributed by atoms with van der Waals surface area (Å²) in [6, 6.07) is 3.25. The molecule has 4 heteroatoms.